The first-order chi connectivity index (χ1) is 15.0. The van der Waals surface area contributed by atoms with Crippen LogP contribution in [0.25, 0.3) is 0 Å². The van der Waals surface area contributed by atoms with Gasteiger partial charge in [0, 0.05) is 43.4 Å². The topological polar surface area (TPSA) is 128 Å². The van der Waals surface area contributed by atoms with E-state index in [1.807, 2.05) is 11.0 Å². The second kappa shape index (κ2) is 9.04. The zero-order valence-electron chi connectivity index (χ0n) is 16.8. The number of anilines is 3. The molecule has 0 spiro atoms. The molecular weight excluding hydrogens is 422 g/mol. The third-order valence-electron chi connectivity index (χ3n) is 5.40. The first kappa shape index (κ1) is 21.3. The van der Waals surface area contributed by atoms with E-state index in [-0.39, 0.29) is 36.4 Å². The second-order valence-electron chi connectivity index (χ2n) is 7.37. The summed E-state index contributed by atoms with van der Waals surface area (Å²) in [5, 5.41) is 28.7. The molecule has 2 aromatic rings. The zero-order chi connectivity index (χ0) is 21.8. The summed E-state index contributed by atoms with van der Waals surface area (Å²) in [6.07, 6.45) is 0.797. The lowest BCUT2D eigenvalue weighted by Gasteiger charge is -2.43. The Labute approximate surface area is 183 Å². The van der Waals surface area contributed by atoms with Crippen LogP contribution >= 0.6 is 11.8 Å². The average molecular weight is 446 g/mol. The maximum Gasteiger partial charge on any atom is 0.392 e. The molecule has 2 aliphatic rings. The van der Waals surface area contributed by atoms with Crippen LogP contribution in [0.2, 0.25) is 0 Å². The third-order valence-corrected chi connectivity index (χ3v) is 6.34. The Morgan fingerprint density at radius 1 is 1.10 bits per heavy atom. The number of carbonyl (C=O) groups is 1. The fourth-order valence-corrected chi connectivity index (χ4v) is 4.70. The predicted molar refractivity (Wildman–Crippen MR) is 120 cm³/mol. The predicted octanol–water partition coefficient (Wildman–Crippen LogP) is 1.96. The van der Waals surface area contributed by atoms with Gasteiger partial charge >= 0.3 is 11.5 Å². The molecule has 0 aliphatic carbocycles. The molecule has 2 aliphatic heterocycles. The summed E-state index contributed by atoms with van der Waals surface area (Å²) in [5.41, 5.74) is 0.236. The van der Waals surface area contributed by atoms with Crippen LogP contribution < -0.4 is 14.9 Å². The van der Waals surface area contributed by atoms with Crippen LogP contribution in [0, 0.1) is 15.3 Å². The fraction of sp³-hybridized carbons (Fsp3) is 0.421. The molecule has 3 heterocycles. The highest BCUT2D eigenvalue weighted by molar-refractivity contribution is 7.99. The molecule has 0 unspecified atom stereocenters. The van der Waals surface area contributed by atoms with Crippen molar-refractivity contribution in [3.05, 3.63) is 45.7 Å². The van der Waals surface area contributed by atoms with Crippen LogP contribution in [-0.4, -0.2) is 77.0 Å². The minimum atomic E-state index is -0.851. The molecule has 0 radical (unpaired) electrons. The number of thioether (sulfide) groups is 1. The number of carbonyl (C=O) groups excluding carboxylic acids is 1. The van der Waals surface area contributed by atoms with Crippen molar-refractivity contribution in [3.63, 3.8) is 0 Å². The molecular formula is C19H23N7O4S. The van der Waals surface area contributed by atoms with Crippen molar-refractivity contribution in [2.75, 3.05) is 61.0 Å². The molecule has 2 saturated heterocycles. The van der Waals surface area contributed by atoms with Crippen LogP contribution in [0.15, 0.2) is 30.3 Å². The number of piperazine rings is 1. The van der Waals surface area contributed by atoms with E-state index in [0.717, 1.165) is 6.41 Å². The van der Waals surface area contributed by atoms with Crippen LogP contribution in [0.5, 0.6) is 0 Å². The van der Waals surface area contributed by atoms with Crippen molar-refractivity contribution in [1.29, 1.82) is 0 Å². The number of nitrogens with zero attached hydrogens (tertiary/aromatic N) is 6. The molecule has 1 N–H and O–H groups in total. The van der Waals surface area contributed by atoms with Gasteiger partial charge in [-0.2, -0.15) is 21.7 Å². The number of aromatic nitrogens is 2. The maximum atomic E-state index is 13.6. The van der Waals surface area contributed by atoms with E-state index in [4.69, 9.17) is 0 Å². The highest BCUT2D eigenvalue weighted by Gasteiger charge is 2.39. The monoisotopic (exact) mass is 445 g/mol. The van der Waals surface area contributed by atoms with Crippen molar-refractivity contribution in [1.82, 2.24) is 19.5 Å². The first-order valence-electron chi connectivity index (χ1n) is 9.99. The summed E-state index contributed by atoms with van der Waals surface area (Å²) in [5.74, 6) is 1.36. The summed E-state index contributed by atoms with van der Waals surface area (Å²) in [4.78, 5) is 34.9. The summed E-state index contributed by atoms with van der Waals surface area (Å²) >= 11 is 1.65. The molecule has 1 aromatic heterocycles. The zero-order valence-corrected chi connectivity index (χ0v) is 17.7. The Morgan fingerprint density at radius 3 is 2.39 bits per heavy atom. The standard InChI is InChI=1S/C19H23N7O4S/c27-14-23-6-8-24(9-7-23)19-21-17(20-15-4-2-1-3-5-15)16(25(28)29)18(22-19)26(30)10-12-31-13-11-26/h1-5,14H,6-13H2,(H,20,21,22). The average Bonchev–Trinajstić information content (AvgIpc) is 2.79. The lowest BCUT2D eigenvalue weighted by Crippen LogP contribution is -2.51. The molecule has 0 atom stereocenters. The third kappa shape index (κ3) is 4.55. The van der Waals surface area contributed by atoms with Gasteiger partial charge < -0.3 is 25.0 Å². The molecule has 1 aromatic carbocycles. The minimum Gasteiger partial charge on any atom is -0.626 e. The highest BCUT2D eigenvalue weighted by Crippen LogP contribution is 2.40. The smallest absolute Gasteiger partial charge is 0.392 e. The highest BCUT2D eigenvalue weighted by atomic mass is 32.2. The molecule has 1 amide bonds. The van der Waals surface area contributed by atoms with Gasteiger partial charge in [0.2, 0.25) is 18.2 Å². The lowest BCUT2D eigenvalue weighted by atomic mass is 10.3. The first-order valence-corrected chi connectivity index (χ1v) is 11.1. The van der Waals surface area contributed by atoms with Crippen LogP contribution in [0.3, 0.4) is 0 Å². The van der Waals surface area contributed by atoms with Crippen molar-refractivity contribution in [3.8, 4) is 0 Å². The Kier molecular flexibility index (Phi) is 6.20. The number of hydrogen-bond acceptors (Lipinski definition) is 9. The molecule has 0 bridgehead atoms. The second-order valence-corrected chi connectivity index (χ2v) is 8.59. The molecule has 164 valence electrons. The van der Waals surface area contributed by atoms with Crippen molar-refractivity contribution in [2.24, 2.45) is 0 Å². The summed E-state index contributed by atoms with van der Waals surface area (Å²) in [6, 6.07) is 8.99. The number of nitro groups is 1. The van der Waals surface area contributed by atoms with E-state index >= 15 is 0 Å². The Bertz CT molecular complexity index is 948. The molecule has 12 heteroatoms. The number of benzene rings is 1. The molecule has 0 saturated carbocycles. The van der Waals surface area contributed by atoms with Gasteiger partial charge in [-0.15, -0.1) is 0 Å². The number of para-hydroxylation sites is 1. The maximum absolute atomic E-state index is 13.6. The van der Waals surface area contributed by atoms with Gasteiger partial charge in [0.1, 0.15) is 0 Å². The Hall–Kier alpha value is -2.96. The fourth-order valence-electron chi connectivity index (χ4n) is 3.65. The number of nitrogens with one attached hydrogen (secondary N) is 1. The number of amides is 1. The summed E-state index contributed by atoms with van der Waals surface area (Å²) in [7, 11) is 0. The van der Waals surface area contributed by atoms with Gasteiger partial charge in [-0.1, -0.05) is 18.2 Å². The quantitative estimate of drug-likeness (QED) is 0.233. The van der Waals surface area contributed by atoms with Crippen molar-refractivity contribution < 1.29 is 9.72 Å². The largest absolute Gasteiger partial charge is 0.626 e. The Morgan fingerprint density at radius 2 is 1.77 bits per heavy atom. The molecule has 31 heavy (non-hydrogen) atoms. The van der Waals surface area contributed by atoms with E-state index in [9.17, 15) is 20.1 Å². The van der Waals surface area contributed by atoms with Crippen molar-refractivity contribution in [2.45, 2.75) is 0 Å². The molecule has 11 nitrogen and oxygen atoms in total. The van der Waals surface area contributed by atoms with Gasteiger partial charge in [-0.25, -0.2) is 0 Å². The summed E-state index contributed by atoms with van der Waals surface area (Å²) < 4.78 is -0.851. The van der Waals surface area contributed by atoms with Crippen LogP contribution in [0.4, 0.5) is 29.0 Å². The minimum absolute atomic E-state index is 0.000550. The van der Waals surface area contributed by atoms with Gasteiger partial charge in [0.25, 0.3) is 0 Å². The van der Waals surface area contributed by atoms with E-state index in [1.165, 1.54) is 0 Å². The number of hydroxylamine groups is 2. The van der Waals surface area contributed by atoms with Gasteiger partial charge in [-0.05, 0) is 12.1 Å². The van der Waals surface area contributed by atoms with E-state index < -0.39 is 9.57 Å². The Balaban J connectivity index is 1.80. The van der Waals surface area contributed by atoms with Gasteiger partial charge in [0.05, 0.1) is 18.0 Å². The lowest BCUT2D eigenvalue weighted by molar-refractivity contribution is -0.384. The van der Waals surface area contributed by atoms with Gasteiger partial charge in [-0.3, -0.25) is 14.9 Å². The van der Waals surface area contributed by atoms with Gasteiger partial charge in [0.15, 0.2) is 0 Å². The number of rotatable bonds is 6. The molecule has 2 fully saturated rings. The van der Waals surface area contributed by atoms with Crippen molar-refractivity contribution >= 4 is 47.1 Å². The van der Waals surface area contributed by atoms with Crippen LogP contribution in [-0.2, 0) is 4.79 Å². The summed E-state index contributed by atoms with van der Waals surface area (Å²) in [6.45, 7) is 2.38. The molecule has 4 rings (SSSR count). The van der Waals surface area contributed by atoms with Crippen LogP contribution in [0.1, 0.15) is 0 Å². The SMILES string of the molecule is O=CN1CCN(c2nc(Nc3ccccc3)c([N+](=O)[O-])c([N+]3([O-])CCSCC3)n2)CC1. The van der Waals surface area contributed by atoms with E-state index in [1.54, 1.807) is 40.9 Å². The van der Waals surface area contributed by atoms with E-state index in [2.05, 4.69) is 15.3 Å². The number of quaternary nitrogens is 1. The van der Waals surface area contributed by atoms with E-state index in [0.29, 0.717) is 43.4 Å². The number of hydrogen-bond donors (Lipinski definition) is 1. The normalized spacial score (nSPS) is 18.5.